The van der Waals surface area contributed by atoms with Crippen LogP contribution in [-0.2, 0) is 0 Å². The molecule has 2 aromatic rings. The Morgan fingerprint density at radius 3 is 2.54 bits per heavy atom. The number of halogens is 3. The van der Waals surface area contributed by atoms with Crippen molar-refractivity contribution in [3.05, 3.63) is 35.8 Å². The Bertz CT molecular complexity index is 860. The van der Waals surface area contributed by atoms with Crippen LogP contribution in [0.4, 0.5) is 13.2 Å². The number of ether oxygens (including phenoxy) is 1. The Morgan fingerprint density at radius 2 is 1.93 bits per heavy atom. The molecule has 1 aliphatic rings. The van der Waals surface area contributed by atoms with Gasteiger partial charge in [0.2, 0.25) is 0 Å². The third kappa shape index (κ3) is 4.73. The fourth-order valence-electron chi connectivity index (χ4n) is 3.65. The van der Waals surface area contributed by atoms with Gasteiger partial charge < -0.3 is 15.2 Å². The first kappa shape index (κ1) is 20.4. The molecule has 5 nitrogen and oxygen atoms in total. The van der Waals surface area contributed by atoms with Gasteiger partial charge in [0, 0.05) is 23.7 Å². The molecule has 0 atom stereocenters. The zero-order valence-electron chi connectivity index (χ0n) is 15.7. The molecule has 1 amide bonds. The average Bonchev–Trinajstić information content (AvgIpc) is 2.61. The number of amides is 1. The highest BCUT2D eigenvalue weighted by Crippen LogP contribution is 2.32. The molecule has 1 saturated carbocycles. The Balaban J connectivity index is 1.69. The quantitative estimate of drug-likeness (QED) is 0.800. The maximum absolute atomic E-state index is 13.9. The number of carbonyl (C=O) groups excluding carboxylic acids is 1. The standard InChI is InChI=1S/C20H23F3N2O3/c1-20(2,27)13-3-5-14(6-4-13)25-18(26)12-7-11-8-15(21)17(28-19(22)23)9-16(11)24-10-12/h7-10,13-14,19,27H,3-6H2,1-2H3,(H,25,26). The number of nitrogens with zero attached hydrogens (tertiary/aromatic N) is 1. The second-order valence-corrected chi connectivity index (χ2v) is 7.75. The summed E-state index contributed by atoms with van der Waals surface area (Å²) in [7, 11) is 0. The van der Waals surface area contributed by atoms with E-state index < -0.39 is 23.8 Å². The predicted molar refractivity (Wildman–Crippen MR) is 97.8 cm³/mol. The number of hydrogen-bond donors (Lipinski definition) is 2. The van der Waals surface area contributed by atoms with Gasteiger partial charge in [-0.3, -0.25) is 9.78 Å². The molecule has 1 fully saturated rings. The normalized spacial score (nSPS) is 20.4. The number of pyridine rings is 1. The summed E-state index contributed by atoms with van der Waals surface area (Å²) in [6.45, 7) is 0.464. The number of carbonyl (C=O) groups is 1. The SMILES string of the molecule is CC(C)(O)C1CCC(NC(=O)c2cnc3cc(OC(F)F)c(F)cc3c2)CC1. The highest BCUT2D eigenvalue weighted by Gasteiger charge is 2.31. The zero-order valence-corrected chi connectivity index (χ0v) is 15.7. The van der Waals surface area contributed by atoms with Gasteiger partial charge >= 0.3 is 6.61 Å². The van der Waals surface area contributed by atoms with Gasteiger partial charge in [0.15, 0.2) is 11.6 Å². The van der Waals surface area contributed by atoms with E-state index in [1.165, 1.54) is 12.3 Å². The van der Waals surface area contributed by atoms with Gasteiger partial charge in [-0.1, -0.05) is 0 Å². The zero-order chi connectivity index (χ0) is 20.5. The minimum absolute atomic E-state index is 0.000325. The van der Waals surface area contributed by atoms with Crippen LogP contribution in [0, 0.1) is 11.7 Å². The van der Waals surface area contributed by atoms with Crippen LogP contribution in [0.1, 0.15) is 49.9 Å². The Kier molecular flexibility index (Phi) is 5.79. The third-order valence-electron chi connectivity index (χ3n) is 5.27. The van der Waals surface area contributed by atoms with Crippen LogP contribution in [-0.4, -0.2) is 34.3 Å². The summed E-state index contributed by atoms with van der Waals surface area (Å²) in [6.07, 6.45) is 4.50. The van der Waals surface area contributed by atoms with Crippen LogP contribution in [0.2, 0.25) is 0 Å². The maximum Gasteiger partial charge on any atom is 0.387 e. The summed E-state index contributed by atoms with van der Waals surface area (Å²) < 4.78 is 42.6. The first-order valence-corrected chi connectivity index (χ1v) is 9.21. The molecule has 0 bridgehead atoms. The lowest BCUT2D eigenvalue weighted by molar-refractivity contribution is -0.0520. The van der Waals surface area contributed by atoms with Gasteiger partial charge in [-0.2, -0.15) is 8.78 Å². The predicted octanol–water partition coefficient (Wildman–Crippen LogP) is 4.03. The van der Waals surface area contributed by atoms with Crippen LogP contribution < -0.4 is 10.1 Å². The van der Waals surface area contributed by atoms with Crippen LogP contribution >= 0.6 is 0 Å². The van der Waals surface area contributed by atoms with E-state index in [0.29, 0.717) is 5.39 Å². The summed E-state index contributed by atoms with van der Waals surface area (Å²) in [5.41, 5.74) is -0.216. The molecule has 1 heterocycles. The number of hydrogen-bond acceptors (Lipinski definition) is 4. The number of aliphatic hydroxyl groups is 1. The Morgan fingerprint density at radius 1 is 1.25 bits per heavy atom. The minimum atomic E-state index is -3.14. The van der Waals surface area contributed by atoms with E-state index in [9.17, 15) is 23.1 Å². The van der Waals surface area contributed by atoms with Gasteiger partial charge in [0.05, 0.1) is 16.7 Å². The molecule has 3 rings (SSSR count). The smallest absolute Gasteiger partial charge is 0.387 e. The summed E-state index contributed by atoms with van der Waals surface area (Å²) in [4.78, 5) is 16.6. The fraction of sp³-hybridized carbons (Fsp3) is 0.500. The van der Waals surface area contributed by atoms with E-state index in [4.69, 9.17) is 0 Å². The highest BCUT2D eigenvalue weighted by atomic mass is 19.3. The van der Waals surface area contributed by atoms with Crippen LogP contribution in [0.5, 0.6) is 5.75 Å². The van der Waals surface area contributed by atoms with Gasteiger partial charge in [-0.05, 0) is 57.6 Å². The lowest BCUT2D eigenvalue weighted by Crippen LogP contribution is -2.41. The summed E-state index contributed by atoms with van der Waals surface area (Å²) >= 11 is 0. The number of aromatic nitrogens is 1. The van der Waals surface area contributed by atoms with Gasteiger partial charge in [0.25, 0.3) is 5.91 Å². The third-order valence-corrected chi connectivity index (χ3v) is 5.27. The van der Waals surface area contributed by atoms with Crippen molar-refractivity contribution in [1.29, 1.82) is 0 Å². The molecule has 2 N–H and O–H groups in total. The van der Waals surface area contributed by atoms with Crippen molar-refractivity contribution in [3.8, 4) is 5.75 Å². The van der Waals surface area contributed by atoms with E-state index in [-0.39, 0.29) is 28.9 Å². The lowest BCUT2D eigenvalue weighted by atomic mass is 9.77. The van der Waals surface area contributed by atoms with Crippen molar-refractivity contribution in [2.24, 2.45) is 5.92 Å². The summed E-state index contributed by atoms with van der Waals surface area (Å²) in [5.74, 6) is -1.65. The van der Waals surface area contributed by atoms with Crippen LogP contribution in [0.15, 0.2) is 24.4 Å². The number of alkyl halides is 2. The molecule has 28 heavy (non-hydrogen) atoms. The van der Waals surface area contributed by atoms with Gasteiger partial charge in [0.1, 0.15) is 0 Å². The molecule has 0 unspecified atom stereocenters. The number of nitrogens with one attached hydrogen (secondary N) is 1. The van der Waals surface area contributed by atoms with Gasteiger partial charge in [-0.15, -0.1) is 0 Å². The second-order valence-electron chi connectivity index (χ2n) is 7.75. The number of rotatable bonds is 5. The Hall–Kier alpha value is -2.35. The van der Waals surface area contributed by atoms with E-state index in [0.717, 1.165) is 37.8 Å². The molecule has 0 spiro atoms. The average molecular weight is 396 g/mol. The first-order valence-electron chi connectivity index (χ1n) is 9.21. The monoisotopic (exact) mass is 396 g/mol. The molecular formula is C20H23F3N2O3. The minimum Gasteiger partial charge on any atom is -0.432 e. The van der Waals surface area contributed by atoms with Crippen molar-refractivity contribution < 1.29 is 27.8 Å². The number of fused-ring (bicyclic) bond motifs is 1. The summed E-state index contributed by atoms with van der Waals surface area (Å²) in [6, 6.07) is 3.57. The van der Waals surface area contributed by atoms with Crippen LogP contribution in [0.3, 0.4) is 0 Å². The highest BCUT2D eigenvalue weighted by molar-refractivity contribution is 5.97. The van der Waals surface area contributed by atoms with E-state index in [2.05, 4.69) is 15.0 Å². The largest absolute Gasteiger partial charge is 0.432 e. The second kappa shape index (κ2) is 7.95. The van der Waals surface area contributed by atoms with E-state index in [1.54, 1.807) is 13.8 Å². The molecule has 152 valence electrons. The lowest BCUT2D eigenvalue weighted by Gasteiger charge is -2.36. The van der Waals surface area contributed by atoms with E-state index in [1.807, 2.05) is 0 Å². The maximum atomic E-state index is 13.9. The molecule has 1 aliphatic carbocycles. The number of benzene rings is 1. The molecule has 0 radical (unpaired) electrons. The molecule has 8 heteroatoms. The topological polar surface area (TPSA) is 71.5 Å². The molecule has 1 aromatic heterocycles. The van der Waals surface area contributed by atoms with Crippen molar-refractivity contribution >= 4 is 16.8 Å². The van der Waals surface area contributed by atoms with Gasteiger partial charge in [-0.25, -0.2) is 4.39 Å². The summed E-state index contributed by atoms with van der Waals surface area (Å²) in [5, 5.41) is 13.4. The Labute approximate surface area is 160 Å². The molecule has 0 aliphatic heterocycles. The van der Waals surface area contributed by atoms with Crippen molar-refractivity contribution in [2.45, 2.75) is 57.8 Å². The van der Waals surface area contributed by atoms with Crippen molar-refractivity contribution in [3.63, 3.8) is 0 Å². The first-order chi connectivity index (χ1) is 13.1. The fourth-order valence-corrected chi connectivity index (χ4v) is 3.65. The molecule has 1 aromatic carbocycles. The molecule has 0 saturated heterocycles. The van der Waals surface area contributed by atoms with Crippen LogP contribution in [0.25, 0.3) is 10.9 Å². The molecular weight excluding hydrogens is 373 g/mol. The van der Waals surface area contributed by atoms with Crippen molar-refractivity contribution in [2.75, 3.05) is 0 Å². The van der Waals surface area contributed by atoms with E-state index >= 15 is 0 Å². The van der Waals surface area contributed by atoms with Crippen molar-refractivity contribution in [1.82, 2.24) is 10.3 Å².